The van der Waals surface area contributed by atoms with E-state index >= 15 is 0 Å². The summed E-state index contributed by atoms with van der Waals surface area (Å²) in [6.45, 7) is 10.3. The summed E-state index contributed by atoms with van der Waals surface area (Å²) in [6, 6.07) is 5.88. The highest BCUT2D eigenvalue weighted by atomic mass is 32.1. The van der Waals surface area contributed by atoms with Crippen LogP contribution in [0, 0.1) is 5.41 Å². The quantitative estimate of drug-likeness (QED) is 0.857. The lowest BCUT2D eigenvalue weighted by Crippen LogP contribution is -2.55. The number of rotatable bonds is 6. The first kappa shape index (κ1) is 15.0. The maximum atomic E-state index is 6.46. The van der Waals surface area contributed by atoms with E-state index in [9.17, 15) is 0 Å². The zero-order valence-corrected chi connectivity index (χ0v) is 13.5. The molecule has 0 spiro atoms. The fourth-order valence-corrected chi connectivity index (χ4v) is 3.76. The highest BCUT2D eigenvalue weighted by Crippen LogP contribution is 2.37. The molecule has 3 heteroatoms. The standard InChI is InChI=1S/C16H28N2S/c1-5-14(17)15(16(2,3)4)18(12-8-9-12)11-13-7-6-10-19-13/h6-7,10,12,14-15H,5,8-9,11,17H2,1-4H3. The predicted octanol–water partition coefficient (Wildman–Crippen LogP) is 3.86. The molecule has 108 valence electrons. The molecule has 0 radical (unpaired) electrons. The Morgan fingerprint density at radius 3 is 2.53 bits per heavy atom. The van der Waals surface area contributed by atoms with Gasteiger partial charge in [0.15, 0.2) is 0 Å². The number of hydrogen-bond donors (Lipinski definition) is 1. The van der Waals surface area contributed by atoms with Gasteiger partial charge < -0.3 is 5.73 Å². The van der Waals surface area contributed by atoms with E-state index in [1.165, 1.54) is 17.7 Å². The van der Waals surface area contributed by atoms with Gasteiger partial charge in [-0.05, 0) is 36.1 Å². The second kappa shape index (κ2) is 5.94. The van der Waals surface area contributed by atoms with Crippen molar-refractivity contribution in [1.82, 2.24) is 4.90 Å². The summed E-state index contributed by atoms with van der Waals surface area (Å²) in [6.07, 6.45) is 3.73. The minimum atomic E-state index is 0.231. The molecule has 1 aromatic heterocycles. The van der Waals surface area contributed by atoms with Crippen molar-refractivity contribution < 1.29 is 0 Å². The van der Waals surface area contributed by atoms with E-state index in [0.717, 1.165) is 19.0 Å². The van der Waals surface area contributed by atoms with E-state index < -0.39 is 0 Å². The molecule has 0 aliphatic heterocycles. The minimum absolute atomic E-state index is 0.231. The van der Waals surface area contributed by atoms with Gasteiger partial charge in [0.05, 0.1) is 0 Å². The van der Waals surface area contributed by atoms with E-state index in [1.54, 1.807) is 0 Å². The number of nitrogens with zero attached hydrogens (tertiary/aromatic N) is 1. The first-order valence-electron chi connectivity index (χ1n) is 7.47. The summed E-state index contributed by atoms with van der Waals surface area (Å²) in [5.41, 5.74) is 6.69. The zero-order chi connectivity index (χ0) is 14.0. The van der Waals surface area contributed by atoms with Crippen LogP contribution >= 0.6 is 11.3 Å². The van der Waals surface area contributed by atoms with Gasteiger partial charge in [0.2, 0.25) is 0 Å². The largest absolute Gasteiger partial charge is 0.326 e. The molecule has 2 N–H and O–H groups in total. The Balaban J connectivity index is 2.19. The molecule has 1 heterocycles. The molecule has 1 aliphatic rings. The molecule has 0 aromatic carbocycles. The average molecular weight is 280 g/mol. The molecule has 2 atom stereocenters. The van der Waals surface area contributed by atoms with Crippen molar-refractivity contribution in [1.29, 1.82) is 0 Å². The third-order valence-corrected chi connectivity index (χ3v) is 4.92. The monoisotopic (exact) mass is 280 g/mol. The van der Waals surface area contributed by atoms with Gasteiger partial charge in [0.1, 0.15) is 0 Å². The molecule has 2 nitrogen and oxygen atoms in total. The Kier molecular flexibility index (Phi) is 4.70. The van der Waals surface area contributed by atoms with Gasteiger partial charge in [-0.15, -0.1) is 11.3 Å². The average Bonchev–Trinajstić information content (AvgIpc) is 3.05. The summed E-state index contributed by atoms with van der Waals surface area (Å²) in [4.78, 5) is 4.14. The maximum absolute atomic E-state index is 6.46. The molecule has 19 heavy (non-hydrogen) atoms. The van der Waals surface area contributed by atoms with Crippen molar-refractivity contribution in [3.05, 3.63) is 22.4 Å². The molecule has 0 amide bonds. The smallest absolute Gasteiger partial charge is 0.0334 e. The zero-order valence-electron chi connectivity index (χ0n) is 12.7. The van der Waals surface area contributed by atoms with Crippen molar-refractivity contribution in [3.63, 3.8) is 0 Å². The SMILES string of the molecule is CCC(N)C(N(Cc1cccs1)C1CC1)C(C)(C)C. The van der Waals surface area contributed by atoms with E-state index in [4.69, 9.17) is 5.73 Å². The van der Waals surface area contributed by atoms with Gasteiger partial charge in [-0.3, -0.25) is 4.90 Å². The molecular formula is C16H28N2S. The van der Waals surface area contributed by atoms with Crippen LogP contribution in [0.25, 0.3) is 0 Å². The Labute approximate surface area is 122 Å². The number of nitrogens with two attached hydrogens (primary N) is 1. The predicted molar refractivity (Wildman–Crippen MR) is 84.4 cm³/mol. The highest BCUT2D eigenvalue weighted by Gasteiger charge is 2.41. The lowest BCUT2D eigenvalue weighted by Gasteiger charge is -2.43. The van der Waals surface area contributed by atoms with Crippen LogP contribution < -0.4 is 5.73 Å². The van der Waals surface area contributed by atoms with Crippen LogP contribution in [0.3, 0.4) is 0 Å². The van der Waals surface area contributed by atoms with Crippen molar-refractivity contribution in [3.8, 4) is 0 Å². The Bertz CT molecular complexity index is 376. The van der Waals surface area contributed by atoms with Crippen LogP contribution in [-0.2, 0) is 6.54 Å². The molecule has 1 saturated carbocycles. The van der Waals surface area contributed by atoms with Gasteiger partial charge in [0.25, 0.3) is 0 Å². The number of thiophene rings is 1. The maximum Gasteiger partial charge on any atom is 0.0334 e. The van der Waals surface area contributed by atoms with Crippen LogP contribution in [0.5, 0.6) is 0 Å². The molecular weight excluding hydrogens is 252 g/mol. The fraction of sp³-hybridized carbons (Fsp3) is 0.750. The van der Waals surface area contributed by atoms with Gasteiger partial charge in [-0.25, -0.2) is 0 Å². The van der Waals surface area contributed by atoms with Crippen molar-refractivity contribution in [2.24, 2.45) is 11.1 Å². The Morgan fingerprint density at radius 1 is 1.42 bits per heavy atom. The van der Waals surface area contributed by atoms with Gasteiger partial charge in [0, 0.05) is 29.5 Å². The lowest BCUT2D eigenvalue weighted by molar-refractivity contribution is 0.0630. The summed E-state index contributed by atoms with van der Waals surface area (Å²) < 4.78 is 0. The molecule has 1 aromatic rings. The summed E-state index contributed by atoms with van der Waals surface area (Å²) >= 11 is 1.86. The van der Waals surface area contributed by atoms with Gasteiger partial charge in [-0.1, -0.05) is 33.8 Å². The van der Waals surface area contributed by atoms with Crippen LogP contribution in [0.2, 0.25) is 0 Å². The van der Waals surface area contributed by atoms with E-state index in [2.05, 4.69) is 50.1 Å². The molecule has 0 bridgehead atoms. The number of hydrogen-bond acceptors (Lipinski definition) is 3. The minimum Gasteiger partial charge on any atom is -0.326 e. The van der Waals surface area contributed by atoms with Crippen LogP contribution in [0.15, 0.2) is 17.5 Å². The van der Waals surface area contributed by atoms with Crippen molar-refractivity contribution in [2.75, 3.05) is 0 Å². The van der Waals surface area contributed by atoms with Crippen molar-refractivity contribution >= 4 is 11.3 Å². The van der Waals surface area contributed by atoms with Crippen LogP contribution in [0.4, 0.5) is 0 Å². The van der Waals surface area contributed by atoms with Crippen LogP contribution in [0.1, 0.15) is 51.8 Å². The van der Waals surface area contributed by atoms with Gasteiger partial charge in [-0.2, -0.15) is 0 Å². The second-order valence-corrected chi connectivity index (χ2v) is 7.90. The molecule has 0 saturated heterocycles. The molecule has 2 rings (SSSR count). The fourth-order valence-electron chi connectivity index (χ4n) is 3.05. The summed E-state index contributed by atoms with van der Waals surface area (Å²) in [5.74, 6) is 0. The first-order valence-corrected chi connectivity index (χ1v) is 8.35. The highest BCUT2D eigenvalue weighted by molar-refractivity contribution is 7.09. The van der Waals surface area contributed by atoms with Crippen LogP contribution in [-0.4, -0.2) is 23.0 Å². The van der Waals surface area contributed by atoms with E-state index in [-0.39, 0.29) is 11.5 Å². The third kappa shape index (κ3) is 3.80. The van der Waals surface area contributed by atoms with E-state index in [0.29, 0.717) is 6.04 Å². The van der Waals surface area contributed by atoms with Gasteiger partial charge >= 0.3 is 0 Å². The second-order valence-electron chi connectivity index (χ2n) is 6.87. The van der Waals surface area contributed by atoms with E-state index in [1.807, 2.05) is 11.3 Å². The topological polar surface area (TPSA) is 29.3 Å². The lowest BCUT2D eigenvalue weighted by atomic mass is 9.80. The molecule has 1 fully saturated rings. The Hall–Kier alpha value is -0.380. The molecule has 2 unspecified atom stereocenters. The van der Waals surface area contributed by atoms with Crippen molar-refractivity contribution in [2.45, 2.75) is 71.6 Å². The normalized spacial score (nSPS) is 19.7. The Morgan fingerprint density at radius 2 is 2.11 bits per heavy atom. The third-order valence-electron chi connectivity index (χ3n) is 4.06. The molecule has 1 aliphatic carbocycles. The first-order chi connectivity index (χ1) is 8.93. The summed E-state index contributed by atoms with van der Waals surface area (Å²) in [7, 11) is 0. The summed E-state index contributed by atoms with van der Waals surface area (Å²) in [5, 5.41) is 2.17.